The van der Waals surface area contributed by atoms with Crippen LogP contribution in [0.5, 0.6) is 11.5 Å². The van der Waals surface area contributed by atoms with Crippen LogP contribution in [-0.4, -0.2) is 50.9 Å². The van der Waals surface area contributed by atoms with Crippen molar-refractivity contribution in [1.29, 1.82) is 5.26 Å². The van der Waals surface area contributed by atoms with E-state index in [9.17, 15) is 9.90 Å². The Balaban J connectivity index is 1.22. The Morgan fingerprint density at radius 3 is 2.57 bits per heavy atom. The summed E-state index contributed by atoms with van der Waals surface area (Å²) in [4.78, 5) is 21.5. The molecule has 8 nitrogen and oxygen atoms in total. The molecule has 1 saturated heterocycles. The van der Waals surface area contributed by atoms with Crippen LogP contribution >= 0.6 is 11.5 Å². The normalized spacial score (nSPS) is 16.2. The second-order valence-corrected chi connectivity index (χ2v) is 9.54. The molecule has 1 fully saturated rings. The molecule has 2 heterocycles. The Labute approximate surface area is 219 Å². The molecule has 1 aromatic heterocycles. The first-order valence-electron chi connectivity index (χ1n) is 11.9. The molecule has 4 aromatic rings. The van der Waals surface area contributed by atoms with Crippen LogP contribution in [0.3, 0.4) is 0 Å². The zero-order valence-corrected chi connectivity index (χ0v) is 21.0. The monoisotopic (exact) mass is 511 g/mol. The maximum Gasteiger partial charge on any atom is 0.254 e. The van der Waals surface area contributed by atoms with Gasteiger partial charge in [0, 0.05) is 42.8 Å². The Morgan fingerprint density at radius 2 is 1.84 bits per heavy atom. The van der Waals surface area contributed by atoms with Crippen LogP contribution < -0.4 is 9.64 Å². The zero-order chi connectivity index (χ0) is 25.8. The smallest absolute Gasteiger partial charge is 0.254 e. The molecule has 9 heteroatoms. The summed E-state index contributed by atoms with van der Waals surface area (Å²) in [6.45, 7) is 3.72. The number of piperazine rings is 1. The van der Waals surface area contributed by atoms with E-state index in [4.69, 9.17) is 10.00 Å². The van der Waals surface area contributed by atoms with Crippen molar-refractivity contribution in [2.75, 3.05) is 24.5 Å². The second kappa shape index (κ2) is 10.8. The fourth-order valence-electron chi connectivity index (χ4n) is 4.28. The van der Waals surface area contributed by atoms with E-state index in [0.717, 1.165) is 5.75 Å². The molecule has 0 radical (unpaired) electrons. The minimum absolute atomic E-state index is 0.0542. The average molecular weight is 512 g/mol. The number of rotatable bonds is 6. The van der Waals surface area contributed by atoms with Gasteiger partial charge in [0.2, 0.25) is 5.13 Å². The number of para-hydroxylation sites is 1. The largest absolute Gasteiger partial charge is 0.457 e. The summed E-state index contributed by atoms with van der Waals surface area (Å²) < 4.78 is 10.2. The van der Waals surface area contributed by atoms with Gasteiger partial charge in [0.25, 0.3) is 5.91 Å². The summed E-state index contributed by atoms with van der Waals surface area (Å²) in [7, 11) is 0. The molecule has 1 N–H and O–H groups in total. The lowest BCUT2D eigenvalue weighted by atomic mass is 10.1. The van der Waals surface area contributed by atoms with Gasteiger partial charge in [0.15, 0.2) is 5.82 Å². The van der Waals surface area contributed by atoms with Crippen molar-refractivity contribution >= 4 is 22.6 Å². The number of aromatic nitrogens is 2. The molecule has 1 aliphatic rings. The van der Waals surface area contributed by atoms with E-state index in [-0.39, 0.29) is 11.9 Å². The van der Waals surface area contributed by atoms with Crippen LogP contribution in [0, 0.1) is 11.3 Å². The van der Waals surface area contributed by atoms with Gasteiger partial charge in [-0.2, -0.15) is 9.64 Å². The van der Waals surface area contributed by atoms with Gasteiger partial charge < -0.3 is 19.6 Å². The highest BCUT2D eigenvalue weighted by Crippen LogP contribution is 2.29. The summed E-state index contributed by atoms with van der Waals surface area (Å²) in [5.41, 5.74) is 1.66. The minimum Gasteiger partial charge on any atom is -0.457 e. The lowest BCUT2D eigenvalue weighted by Crippen LogP contribution is -2.54. The average Bonchev–Trinajstić information content (AvgIpc) is 3.44. The van der Waals surface area contributed by atoms with E-state index in [2.05, 4.69) is 20.3 Å². The lowest BCUT2D eigenvalue weighted by Gasteiger charge is -2.39. The van der Waals surface area contributed by atoms with Gasteiger partial charge in [-0.3, -0.25) is 4.79 Å². The highest BCUT2D eigenvalue weighted by Gasteiger charge is 2.30. The molecular formula is C28H25N5O3S. The van der Waals surface area contributed by atoms with Crippen molar-refractivity contribution in [2.24, 2.45) is 0 Å². The van der Waals surface area contributed by atoms with Crippen LogP contribution in [0.4, 0.5) is 5.13 Å². The summed E-state index contributed by atoms with van der Waals surface area (Å²) in [6.07, 6.45) is -0.955. The van der Waals surface area contributed by atoms with Gasteiger partial charge in [-0.1, -0.05) is 36.4 Å². The third kappa shape index (κ3) is 5.45. The van der Waals surface area contributed by atoms with E-state index in [1.54, 1.807) is 36.4 Å². The minimum atomic E-state index is -0.955. The maximum absolute atomic E-state index is 13.0. The molecule has 1 amide bonds. The van der Waals surface area contributed by atoms with E-state index in [1.165, 1.54) is 11.5 Å². The van der Waals surface area contributed by atoms with Gasteiger partial charge in [0.1, 0.15) is 17.6 Å². The molecule has 186 valence electrons. The van der Waals surface area contributed by atoms with Gasteiger partial charge in [-0.15, -0.1) is 0 Å². The summed E-state index contributed by atoms with van der Waals surface area (Å²) in [5, 5.41) is 20.7. The first-order valence-corrected chi connectivity index (χ1v) is 12.7. The van der Waals surface area contributed by atoms with Gasteiger partial charge in [0.05, 0.1) is 11.6 Å². The number of aliphatic hydroxyl groups excluding tert-OH is 1. The number of hydrogen-bond donors (Lipinski definition) is 1. The Kier molecular flexibility index (Phi) is 7.12. The zero-order valence-electron chi connectivity index (χ0n) is 20.2. The summed E-state index contributed by atoms with van der Waals surface area (Å²) in [5.74, 6) is 1.68. The van der Waals surface area contributed by atoms with E-state index in [1.807, 2.05) is 54.3 Å². The van der Waals surface area contributed by atoms with Crippen LogP contribution in [0.15, 0.2) is 78.9 Å². The second-order valence-electron chi connectivity index (χ2n) is 8.81. The molecule has 2 unspecified atom stereocenters. The molecule has 2 atom stereocenters. The van der Waals surface area contributed by atoms with Crippen molar-refractivity contribution in [2.45, 2.75) is 19.1 Å². The van der Waals surface area contributed by atoms with E-state index >= 15 is 0 Å². The summed E-state index contributed by atoms with van der Waals surface area (Å²) in [6, 6.07) is 25.5. The SMILES string of the molecule is CC1CN(c2nc(C(O)c3ccc(Oc4ccccc4)cc3)ns2)CCN1C(=O)c1cccc(C#N)c1. The van der Waals surface area contributed by atoms with Crippen molar-refractivity contribution in [3.8, 4) is 17.6 Å². The Bertz CT molecular complexity index is 1420. The van der Waals surface area contributed by atoms with Crippen LogP contribution in [-0.2, 0) is 0 Å². The number of nitrogens with zero attached hydrogens (tertiary/aromatic N) is 5. The molecule has 0 aliphatic carbocycles. The maximum atomic E-state index is 13.0. The fraction of sp³-hybridized carbons (Fsp3) is 0.214. The first kappa shape index (κ1) is 24.4. The van der Waals surface area contributed by atoms with Gasteiger partial charge >= 0.3 is 0 Å². The molecule has 0 saturated carbocycles. The van der Waals surface area contributed by atoms with Crippen molar-refractivity contribution in [1.82, 2.24) is 14.3 Å². The van der Waals surface area contributed by atoms with Crippen molar-refractivity contribution in [3.05, 3.63) is 101 Å². The summed E-state index contributed by atoms with van der Waals surface area (Å²) >= 11 is 1.24. The molecule has 1 aliphatic heterocycles. The standard InChI is InChI=1S/C28H25N5O3S/c1-19-18-32(14-15-33(19)27(35)22-7-5-6-20(16-22)17-29)28-30-26(31-37-28)25(34)21-10-12-24(13-11-21)36-23-8-3-2-4-9-23/h2-13,16,19,25,34H,14-15,18H2,1H3. The Morgan fingerprint density at radius 1 is 1.08 bits per heavy atom. The van der Waals surface area contributed by atoms with Gasteiger partial charge in [-0.25, -0.2) is 4.98 Å². The molecular weight excluding hydrogens is 486 g/mol. The van der Waals surface area contributed by atoms with Crippen LogP contribution in [0.2, 0.25) is 0 Å². The first-order chi connectivity index (χ1) is 18.0. The number of aliphatic hydroxyl groups is 1. The van der Waals surface area contributed by atoms with Crippen LogP contribution in [0.1, 0.15) is 40.3 Å². The van der Waals surface area contributed by atoms with E-state index in [0.29, 0.717) is 53.0 Å². The number of ether oxygens (including phenoxy) is 1. The number of nitriles is 1. The quantitative estimate of drug-likeness (QED) is 0.402. The number of carbonyl (C=O) groups excluding carboxylic acids is 1. The number of amides is 1. The highest BCUT2D eigenvalue weighted by atomic mass is 32.1. The topological polar surface area (TPSA) is 103 Å². The molecule has 37 heavy (non-hydrogen) atoms. The highest BCUT2D eigenvalue weighted by molar-refractivity contribution is 7.09. The predicted molar refractivity (Wildman–Crippen MR) is 141 cm³/mol. The number of anilines is 1. The van der Waals surface area contributed by atoms with Crippen molar-refractivity contribution < 1.29 is 14.6 Å². The van der Waals surface area contributed by atoms with Crippen molar-refractivity contribution in [3.63, 3.8) is 0 Å². The number of hydrogen-bond acceptors (Lipinski definition) is 8. The third-order valence-corrected chi connectivity index (χ3v) is 7.04. The molecule has 0 spiro atoms. The van der Waals surface area contributed by atoms with E-state index < -0.39 is 6.10 Å². The van der Waals surface area contributed by atoms with Crippen LogP contribution in [0.25, 0.3) is 0 Å². The molecule has 5 rings (SSSR count). The number of benzene rings is 3. The third-order valence-electron chi connectivity index (χ3n) is 6.25. The molecule has 0 bridgehead atoms. The lowest BCUT2D eigenvalue weighted by molar-refractivity contribution is 0.0674. The molecule has 3 aromatic carbocycles. The fourth-order valence-corrected chi connectivity index (χ4v) is 5.01. The Hall–Kier alpha value is -4.26. The number of carbonyl (C=O) groups is 1. The predicted octanol–water partition coefficient (Wildman–Crippen LogP) is 4.63. The van der Waals surface area contributed by atoms with Gasteiger partial charge in [-0.05, 0) is 55.0 Å².